The van der Waals surface area contributed by atoms with Crippen LogP contribution in [0.3, 0.4) is 0 Å². The third-order valence-corrected chi connectivity index (χ3v) is 7.97. The smallest absolute Gasteiger partial charge is 0.264 e. The summed E-state index contributed by atoms with van der Waals surface area (Å²) < 4.78 is 29.4. The Labute approximate surface area is 187 Å². The van der Waals surface area contributed by atoms with E-state index in [4.69, 9.17) is 11.5 Å². The van der Waals surface area contributed by atoms with Crippen molar-refractivity contribution in [3.05, 3.63) is 70.3 Å². The van der Waals surface area contributed by atoms with E-state index in [0.29, 0.717) is 17.9 Å². The number of aromatic nitrogens is 2. The topological polar surface area (TPSA) is 134 Å². The van der Waals surface area contributed by atoms with Crippen molar-refractivity contribution < 1.29 is 8.42 Å². The Kier molecular flexibility index (Phi) is 4.76. The molecule has 11 heteroatoms. The number of aliphatic imine (C=N–C) groups is 1. The molecule has 0 saturated carbocycles. The molecular formula is C20H20BrN7O2S. The molecule has 0 aliphatic carbocycles. The minimum atomic E-state index is -3.80. The van der Waals surface area contributed by atoms with Gasteiger partial charge in [-0.25, -0.2) is 8.42 Å². The highest BCUT2D eigenvalue weighted by Gasteiger charge is 2.40. The summed E-state index contributed by atoms with van der Waals surface area (Å²) >= 11 is 3.36. The second kappa shape index (κ2) is 7.36. The lowest BCUT2D eigenvalue weighted by molar-refractivity contribution is 0.233. The van der Waals surface area contributed by atoms with Gasteiger partial charge in [0.05, 0.1) is 34.9 Å². The van der Waals surface area contributed by atoms with Crippen molar-refractivity contribution in [2.75, 3.05) is 10.8 Å². The molecule has 0 saturated heterocycles. The molecule has 1 aromatic heterocycles. The number of guanidine groups is 1. The van der Waals surface area contributed by atoms with Crippen LogP contribution in [-0.4, -0.2) is 42.1 Å². The van der Waals surface area contributed by atoms with Crippen LogP contribution in [0, 0.1) is 0 Å². The van der Waals surface area contributed by atoms with Crippen LogP contribution in [0.4, 0.5) is 11.5 Å². The number of rotatable bonds is 3. The molecule has 160 valence electrons. The zero-order valence-corrected chi connectivity index (χ0v) is 18.7. The Morgan fingerprint density at radius 1 is 1.13 bits per heavy atom. The molecule has 0 fully saturated rings. The Balaban J connectivity index is 1.57. The van der Waals surface area contributed by atoms with Crippen LogP contribution < -0.4 is 15.8 Å². The molecule has 3 aromatic rings. The van der Waals surface area contributed by atoms with Gasteiger partial charge in [-0.3, -0.25) is 9.40 Å². The maximum absolute atomic E-state index is 13.6. The van der Waals surface area contributed by atoms with E-state index in [1.54, 1.807) is 35.4 Å². The Hall–Kier alpha value is -2.89. The van der Waals surface area contributed by atoms with Gasteiger partial charge < -0.3 is 16.4 Å². The SMILES string of the molecule is NC1=Nc2[nH]ncc2C(N)N1C1Cc2ccccc2N(S(=O)(=O)c2ccc(Br)cc2)C1. The van der Waals surface area contributed by atoms with Crippen LogP contribution in [0.15, 0.2) is 69.1 Å². The first-order chi connectivity index (χ1) is 14.9. The number of nitrogens with two attached hydrogens (primary N) is 2. The zero-order chi connectivity index (χ0) is 21.8. The number of para-hydroxylation sites is 1. The number of benzene rings is 2. The van der Waals surface area contributed by atoms with Gasteiger partial charge in [0.15, 0.2) is 11.8 Å². The van der Waals surface area contributed by atoms with Crippen molar-refractivity contribution in [1.29, 1.82) is 0 Å². The van der Waals surface area contributed by atoms with Gasteiger partial charge in [-0.1, -0.05) is 34.1 Å². The quantitative estimate of drug-likeness (QED) is 0.503. The van der Waals surface area contributed by atoms with Crippen LogP contribution in [0.5, 0.6) is 0 Å². The number of H-pyrrole nitrogens is 1. The maximum Gasteiger partial charge on any atom is 0.264 e. The maximum atomic E-state index is 13.6. The Morgan fingerprint density at radius 2 is 1.87 bits per heavy atom. The van der Waals surface area contributed by atoms with Crippen molar-refractivity contribution in [2.24, 2.45) is 16.5 Å². The van der Waals surface area contributed by atoms with Gasteiger partial charge >= 0.3 is 0 Å². The monoisotopic (exact) mass is 501 g/mol. The third-order valence-electron chi connectivity index (χ3n) is 5.64. The number of nitrogens with zero attached hydrogens (tertiary/aromatic N) is 4. The number of aromatic amines is 1. The summed E-state index contributed by atoms with van der Waals surface area (Å²) in [6.07, 6.45) is 1.62. The second-order valence-electron chi connectivity index (χ2n) is 7.47. The van der Waals surface area contributed by atoms with Crippen LogP contribution in [-0.2, 0) is 16.4 Å². The predicted octanol–water partition coefficient (Wildman–Crippen LogP) is 2.21. The number of sulfonamides is 1. The molecule has 0 amide bonds. The minimum absolute atomic E-state index is 0.187. The third kappa shape index (κ3) is 3.29. The van der Waals surface area contributed by atoms with Gasteiger partial charge in [-0.2, -0.15) is 10.1 Å². The van der Waals surface area contributed by atoms with Crippen LogP contribution in [0.1, 0.15) is 17.3 Å². The zero-order valence-electron chi connectivity index (χ0n) is 16.3. The Morgan fingerprint density at radius 3 is 2.65 bits per heavy atom. The van der Waals surface area contributed by atoms with Gasteiger partial charge in [0, 0.05) is 4.47 Å². The first-order valence-corrected chi connectivity index (χ1v) is 11.9. The number of hydrogen-bond acceptors (Lipinski definition) is 7. The molecular weight excluding hydrogens is 482 g/mol. The average Bonchev–Trinajstić information content (AvgIpc) is 3.22. The van der Waals surface area contributed by atoms with Gasteiger partial charge in [-0.05, 0) is 42.3 Å². The first kappa shape index (κ1) is 20.0. The van der Waals surface area contributed by atoms with Crippen molar-refractivity contribution >= 4 is 43.4 Å². The van der Waals surface area contributed by atoms with E-state index >= 15 is 0 Å². The van der Waals surface area contributed by atoms with Gasteiger partial charge in [0.1, 0.15) is 6.17 Å². The standard InChI is InChI=1S/C20H20BrN7O2S/c21-13-5-7-15(8-6-13)31(29,30)27-11-14(9-12-3-1-2-4-17(12)27)28-18(22)16-10-24-26-19(16)25-20(28)23/h1-8,10,14,18H,9,11,22H2,(H3,23,24,25,26). The van der Waals surface area contributed by atoms with Gasteiger partial charge in [0.25, 0.3) is 10.0 Å². The van der Waals surface area contributed by atoms with Crippen molar-refractivity contribution in [3.8, 4) is 0 Å². The van der Waals surface area contributed by atoms with E-state index in [1.807, 2.05) is 24.3 Å². The molecule has 3 heterocycles. The molecule has 2 aliphatic rings. The summed E-state index contributed by atoms with van der Waals surface area (Å²) in [5, 5.41) is 6.78. The average molecular weight is 502 g/mol. The number of nitrogens with one attached hydrogen (secondary N) is 1. The fraction of sp³-hybridized carbons (Fsp3) is 0.200. The van der Waals surface area contributed by atoms with Crippen LogP contribution in [0.25, 0.3) is 0 Å². The molecule has 31 heavy (non-hydrogen) atoms. The van der Waals surface area contributed by atoms with E-state index in [-0.39, 0.29) is 23.4 Å². The van der Waals surface area contributed by atoms with E-state index < -0.39 is 16.2 Å². The highest BCUT2D eigenvalue weighted by Crippen LogP contribution is 2.37. The van der Waals surface area contributed by atoms with Gasteiger partial charge in [0.2, 0.25) is 0 Å². The molecule has 2 unspecified atom stereocenters. The van der Waals surface area contributed by atoms with E-state index in [1.165, 1.54) is 4.31 Å². The fourth-order valence-corrected chi connectivity index (χ4v) is 5.96. The van der Waals surface area contributed by atoms with Gasteiger partial charge in [-0.15, -0.1) is 0 Å². The van der Waals surface area contributed by atoms with Crippen molar-refractivity contribution in [1.82, 2.24) is 15.1 Å². The molecule has 2 atom stereocenters. The van der Waals surface area contributed by atoms with Crippen molar-refractivity contribution in [2.45, 2.75) is 23.5 Å². The summed E-state index contributed by atoms with van der Waals surface area (Å²) in [7, 11) is -3.80. The molecule has 0 spiro atoms. The second-order valence-corrected chi connectivity index (χ2v) is 10.3. The van der Waals surface area contributed by atoms with Crippen LogP contribution >= 0.6 is 15.9 Å². The molecule has 5 rings (SSSR count). The largest absolute Gasteiger partial charge is 0.369 e. The molecule has 2 aromatic carbocycles. The van der Waals surface area contributed by atoms with Crippen LogP contribution in [0.2, 0.25) is 0 Å². The first-order valence-electron chi connectivity index (χ1n) is 9.64. The molecule has 2 aliphatic heterocycles. The molecule has 0 radical (unpaired) electrons. The van der Waals surface area contributed by atoms with E-state index in [2.05, 4.69) is 31.1 Å². The molecule has 9 nitrogen and oxygen atoms in total. The summed E-state index contributed by atoms with van der Waals surface area (Å²) in [5.41, 5.74) is 15.0. The summed E-state index contributed by atoms with van der Waals surface area (Å²) in [5.74, 6) is 0.756. The number of anilines is 1. The summed E-state index contributed by atoms with van der Waals surface area (Å²) in [4.78, 5) is 6.36. The van der Waals surface area contributed by atoms with Crippen molar-refractivity contribution in [3.63, 3.8) is 0 Å². The normalized spacial score (nSPS) is 20.8. The minimum Gasteiger partial charge on any atom is -0.369 e. The summed E-state index contributed by atoms with van der Waals surface area (Å²) in [6.45, 7) is 0.187. The fourth-order valence-electron chi connectivity index (χ4n) is 4.16. The highest BCUT2D eigenvalue weighted by molar-refractivity contribution is 9.10. The highest BCUT2D eigenvalue weighted by atomic mass is 79.9. The lowest BCUT2D eigenvalue weighted by Crippen LogP contribution is -2.57. The molecule has 5 N–H and O–H groups in total. The number of halogens is 1. The van der Waals surface area contributed by atoms with E-state index in [0.717, 1.165) is 15.6 Å². The summed E-state index contributed by atoms with van der Waals surface area (Å²) in [6, 6.07) is 13.8. The Bertz CT molecular complexity index is 1270. The number of fused-ring (bicyclic) bond motifs is 2. The van der Waals surface area contributed by atoms with E-state index in [9.17, 15) is 8.42 Å². The number of hydrogen-bond donors (Lipinski definition) is 3. The lowest BCUT2D eigenvalue weighted by Gasteiger charge is -2.44. The molecule has 0 bridgehead atoms. The lowest BCUT2D eigenvalue weighted by atomic mass is 9.97. The predicted molar refractivity (Wildman–Crippen MR) is 121 cm³/mol.